The molecule has 0 aliphatic rings. The van der Waals surface area contributed by atoms with Gasteiger partial charge >= 0.3 is 48.4 Å². The van der Waals surface area contributed by atoms with Gasteiger partial charge in [-0.1, -0.05) is 228 Å². The van der Waals surface area contributed by atoms with Crippen LogP contribution in [0.25, 0.3) is 67.5 Å². The first-order valence-electron chi connectivity index (χ1n) is 40.7. The molecule has 2 radical (unpaired) electrons. The molecular formula is C100H110B2Cl4Cu2N14+2. The minimum absolute atomic E-state index is 0. The second-order valence-corrected chi connectivity index (χ2v) is 33.3. The van der Waals surface area contributed by atoms with Gasteiger partial charge in [0, 0.05) is 33.4 Å². The summed E-state index contributed by atoms with van der Waals surface area (Å²) in [6.45, 7) is 38.8. The number of aryl methyl sites for hydroxylation is 18. The van der Waals surface area contributed by atoms with E-state index in [1.165, 1.54) is 134 Å². The third kappa shape index (κ3) is 23.3. The van der Waals surface area contributed by atoms with Crippen LogP contribution in [0.3, 0.4) is 0 Å². The number of hydrogen-bond acceptors (Lipinski definition) is 8. The van der Waals surface area contributed by atoms with Crippen LogP contribution in [0.2, 0.25) is 0 Å². The molecule has 0 amide bonds. The Balaban J connectivity index is 0.000000198. The number of halogens is 4. The molecule has 0 aliphatic carbocycles. The van der Waals surface area contributed by atoms with Gasteiger partial charge in [-0.05, 0) is 287 Å². The van der Waals surface area contributed by atoms with Crippen LogP contribution < -0.4 is 11.5 Å². The van der Waals surface area contributed by atoms with E-state index in [9.17, 15) is 0 Å². The summed E-state index contributed by atoms with van der Waals surface area (Å²) in [6, 6.07) is 79.9. The van der Waals surface area contributed by atoms with Crippen molar-refractivity contribution in [2.75, 3.05) is 10.7 Å². The minimum Gasteiger partial charge on any atom is -0.402 e. The average Bonchev–Trinajstić information content (AvgIpc) is 1.63. The summed E-state index contributed by atoms with van der Waals surface area (Å²) in [7, 11) is -3.13. The molecule has 634 valence electrons. The quantitative estimate of drug-likeness (QED) is 0.0714. The topological polar surface area (TPSA) is 159 Å². The Kier molecular flexibility index (Phi) is 34.6. The largest absolute Gasteiger partial charge is 2.00 e. The average molecular weight is 1800 g/mol. The molecular weight excluding hydrogens is 1690 g/mol. The third-order valence-corrected chi connectivity index (χ3v) is 21.8. The van der Waals surface area contributed by atoms with E-state index in [4.69, 9.17) is 88.5 Å². The first-order chi connectivity index (χ1) is 57.6. The zero-order chi connectivity index (χ0) is 86.2. The molecule has 16 aromatic rings. The molecule has 6 heterocycles. The summed E-state index contributed by atoms with van der Waals surface area (Å²) in [5.41, 5.74) is 52.0. The number of benzene rings is 10. The standard InChI is InChI=1S/2C36H40BN6.2C13H13N.2CH2Cl2.2Cu/c2*1-22-16-25(4)34(26(5)17-22)31-10-13-41(38-31)37(42-14-11-32(39-42)35-27(6)18-23(2)19-28(35)7)43-15-12-33(40-43)36-29(8)20-24(3)21-30(36)9;2*14-13(11-7-3-1-4-8-11)12-9-5-2-6-10-12;2*2-1-3;;/h2*10-21,37H,1-9H3;2*1-10,13H,14H2;2*1H2;;/q2*-1;;;;;2*+2. The van der Waals surface area contributed by atoms with Gasteiger partial charge in [-0.15, -0.1) is 46.4 Å². The molecule has 10 aromatic carbocycles. The van der Waals surface area contributed by atoms with E-state index in [-0.39, 0.29) is 56.9 Å². The van der Waals surface area contributed by atoms with Crippen molar-refractivity contribution in [1.29, 1.82) is 0 Å². The van der Waals surface area contributed by atoms with Gasteiger partial charge in [-0.2, -0.15) is 0 Å². The van der Waals surface area contributed by atoms with Crippen LogP contribution in [-0.4, -0.2) is 83.1 Å². The molecule has 0 saturated carbocycles. The van der Waals surface area contributed by atoms with E-state index in [1.807, 2.05) is 100 Å². The van der Waals surface area contributed by atoms with Crippen LogP contribution in [0.5, 0.6) is 0 Å². The SMILES string of the molecule is Cc1cc(C)c(-c2ccn([BH-](n3ccc(-c4c(C)cc(C)cc4C)n3)n3ccc(-c4c(C)cc(C)cc4C)n3)n2)c(C)c1.Cc1cc(C)c(-c2ccn([BH-](n3ccc(-c4c(C)cc(C)cc4C)n3)n3ccc(-c4c(C)cc(C)cc4C)n3)n2)c(C)c1.ClCCl.ClCCl.NC(c1ccccc1)c1ccccc1.NC(c1ccccc1)c1ccccc1.[Cu+2].[Cu+2]. The van der Waals surface area contributed by atoms with Gasteiger partial charge in [0.2, 0.25) is 0 Å². The smallest absolute Gasteiger partial charge is 0.402 e. The number of nitrogens with two attached hydrogens (primary N) is 2. The van der Waals surface area contributed by atoms with Crippen LogP contribution >= 0.6 is 46.4 Å². The first-order valence-corrected chi connectivity index (χ1v) is 42.8. The molecule has 0 aliphatic heterocycles. The molecule has 0 fully saturated rings. The van der Waals surface area contributed by atoms with E-state index >= 15 is 0 Å². The van der Waals surface area contributed by atoms with Gasteiger partial charge in [0.05, 0.1) is 56.9 Å². The predicted octanol–water partition coefficient (Wildman–Crippen LogP) is 23.7. The Labute approximate surface area is 763 Å². The molecule has 22 heteroatoms. The first kappa shape index (κ1) is 95.5. The van der Waals surface area contributed by atoms with Crippen molar-refractivity contribution >= 4 is 60.6 Å². The molecule has 14 nitrogen and oxygen atoms in total. The monoisotopic (exact) mass is 1790 g/mol. The Morgan fingerprint density at radius 3 is 0.475 bits per heavy atom. The Bertz CT molecular complexity index is 5070. The van der Waals surface area contributed by atoms with Crippen LogP contribution in [0.4, 0.5) is 0 Å². The zero-order valence-electron chi connectivity index (χ0n) is 73.0. The van der Waals surface area contributed by atoms with Crippen molar-refractivity contribution in [2.24, 2.45) is 11.5 Å². The van der Waals surface area contributed by atoms with Gasteiger partial charge in [0.1, 0.15) is 0 Å². The maximum Gasteiger partial charge on any atom is 2.00 e. The summed E-state index contributed by atoms with van der Waals surface area (Å²) in [4.78, 5) is 0. The van der Waals surface area contributed by atoms with E-state index in [0.29, 0.717) is 0 Å². The van der Waals surface area contributed by atoms with Crippen molar-refractivity contribution in [3.8, 4) is 67.5 Å². The van der Waals surface area contributed by atoms with Gasteiger partial charge < -0.3 is 39.0 Å². The van der Waals surface area contributed by atoms with Crippen LogP contribution in [0, 0.1) is 125 Å². The summed E-state index contributed by atoms with van der Waals surface area (Å²) in [6.07, 6.45) is 12.4. The summed E-state index contributed by atoms with van der Waals surface area (Å²) >= 11 is 19.1. The molecule has 0 unspecified atom stereocenters. The summed E-state index contributed by atoms with van der Waals surface area (Å²) in [5.74, 6) is 0. The predicted molar refractivity (Wildman–Crippen MR) is 509 cm³/mol. The Morgan fingerprint density at radius 2 is 0.352 bits per heavy atom. The molecule has 0 saturated heterocycles. The van der Waals surface area contributed by atoms with Crippen LogP contribution in [-0.2, 0) is 34.1 Å². The van der Waals surface area contributed by atoms with Gasteiger partial charge in [0.15, 0.2) is 0 Å². The number of rotatable bonds is 16. The van der Waals surface area contributed by atoms with Crippen LogP contribution in [0.15, 0.2) is 268 Å². The molecule has 0 atom stereocenters. The number of alkyl halides is 4. The third-order valence-electron chi connectivity index (χ3n) is 21.8. The van der Waals surface area contributed by atoms with Crippen molar-refractivity contribution in [1.82, 2.24) is 58.1 Å². The normalized spacial score (nSPS) is 10.9. The number of nitrogens with zero attached hydrogens (tertiary/aromatic N) is 12. The molecule has 4 N–H and O–H groups in total. The van der Waals surface area contributed by atoms with Gasteiger partial charge in [-0.25, -0.2) is 30.6 Å². The Hall–Kier alpha value is -10.3. The van der Waals surface area contributed by atoms with E-state index in [1.54, 1.807) is 0 Å². The molecule has 122 heavy (non-hydrogen) atoms. The molecule has 6 aromatic heterocycles. The molecule has 0 bridgehead atoms. The second-order valence-electron chi connectivity index (χ2n) is 31.7. The van der Waals surface area contributed by atoms with Crippen molar-refractivity contribution in [2.45, 2.75) is 137 Å². The molecule has 16 rings (SSSR count). The van der Waals surface area contributed by atoms with Crippen molar-refractivity contribution in [3.63, 3.8) is 0 Å². The van der Waals surface area contributed by atoms with E-state index < -0.39 is 14.2 Å². The number of aromatic nitrogens is 12. The maximum atomic E-state index is 6.12. The summed E-state index contributed by atoms with van der Waals surface area (Å²) < 4.78 is 12.3. The van der Waals surface area contributed by atoms with E-state index in [2.05, 4.69) is 320 Å². The second kappa shape index (κ2) is 44.2. The van der Waals surface area contributed by atoms with Crippen LogP contribution in [0.1, 0.15) is 134 Å². The fourth-order valence-corrected chi connectivity index (χ4v) is 17.3. The fourth-order valence-electron chi connectivity index (χ4n) is 17.3. The van der Waals surface area contributed by atoms with Gasteiger partial charge in [-0.3, -0.25) is 0 Å². The van der Waals surface area contributed by atoms with E-state index in [0.717, 1.165) is 56.4 Å². The minimum atomic E-state index is -1.57. The van der Waals surface area contributed by atoms with Crippen molar-refractivity contribution in [3.05, 3.63) is 390 Å². The maximum absolute atomic E-state index is 6.12. The zero-order valence-corrected chi connectivity index (χ0v) is 77.9. The number of hydrogen-bond donors (Lipinski definition) is 2. The van der Waals surface area contributed by atoms with Crippen molar-refractivity contribution < 1.29 is 34.1 Å². The molecule has 0 spiro atoms. The fraction of sp³-hybridized carbons (Fsp3) is 0.220. The van der Waals surface area contributed by atoms with Gasteiger partial charge in [0.25, 0.3) is 0 Å². The Morgan fingerprint density at radius 1 is 0.230 bits per heavy atom. The summed E-state index contributed by atoms with van der Waals surface area (Å²) in [5, 5.41) is 31.4.